The zero-order valence-electron chi connectivity index (χ0n) is 11.5. The average molecular weight is 370 g/mol. The lowest BCUT2D eigenvalue weighted by Crippen LogP contribution is -2.49. The number of carbonyl (C=O) groups excluding carboxylic acids is 1. The van der Waals surface area contributed by atoms with E-state index in [1.807, 2.05) is 5.43 Å². The second kappa shape index (κ2) is 6.91. The van der Waals surface area contributed by atoms with Crippen molar-refractivity contribution >= 4 is 28.9 Å². The van der Waals surface area contributed by atoms with E-state index >= 15 is 0 Å². The minimum Gasteiger partial charge on any atom is -0.374 e. The van der Waals surface area contributed by atoms with Crippen LogP contribution in [0.3, 0.4) is 0 Å². The Morgan fingerprint density at radius 3 is 1.96 bits per heavy atom. The largest absolute Gasteiger partial charge is 0.416 e. The van der Waals surface area contributed by atoms with Gasteiger partial charge in [-0.1, -0.05) is 0 Å². The van der Waals surface area contributed by atoms with Crippen molar-refractivity contribution < 1.29 is 31.1 Å². The van der Waals surface area contributed by atoms with Crippen LogP contribution < -0.4 is 16.2 Å². The number of rotatable bonds is 2. The van der Waals surface area contributed by atoms with Crippen LogP contribution >= 0.6 is 12.2 Å². The number of halogens is 6. The van der Waals surface area contributed by atoms with Crippen molar-refractivity contribution in [3.8, 4) is 6.07 Å². The summed E-state index contributed by atoms with van der Waals surface area (Å²) in [5.41, 5.74) is 3.12. The molecule has 0 unspecified atom stereocenters. The van der Waals surface area contributed by atoms with Gasteiger partial charge in [-0.3, -0.25) is 10.2 Å². The number of alkyl halides is 6. The summed E-state index contributed by atoms with van der Waals surface area (Å²) in [4.78, 5) is 11.4. The van der Waals surface area contributed by atoms with Crippen LogP contribution in [0, 0.1) is 11.3 Å². The normalized spacial score (nSPS) is 11.5. The molecule has 0 heterocycles. The Hall–Kier alpha value is -2.55. The maximum absolute atomic E-state index is 12.8. The maximum atomic E-state index is 12.8. The molecule has 0 aliphatic heterocycles. The van der Waals surface area contributed by atoms with Crippen LogP contribution in [0.4, 0.5) is 32.0 Å². The number of hydrazine groups is 1. The summed E-state index contributed by atoms with van der Waals surface area (Å²) in [6.07, 6.45) is -10.9. The summed E-state index contributed by atoms with van der Waals surface area (Å²) in [6, 6.07) is 2.04. The van der Waals surface area contributed by atoms with Crippen LogP contribution in [0.15, 0.2) is 18.2 Å². The summed E-state index contributed by atoms with van der Waals surface area (Å²) in [5, 5.41) is 8.02. The van der Waals surface area contributed by atoms with Gasteiger partial charge in [0, 0.05) is 0 Å². The Balaban J connectivity index is 3.45. The van der Waals surface area contributed by atoms with Crippen molar-refractivity contribution in [2.45, 2.75) is 18.8 Å². The summed E-state index contributed by atoms with van der Waals surface area (Å²) < 4.78 is 76.8. The monoisotopic (exact) mass is 370 g/mol. The minimum atomic E-state index is -5.07. The second-order valence-electron chi connectivity index (χ2n) is 4.31. The number of amides is 1. The summed E-state index contributed by atoms with van der Waals surface area (Å²) in [5.74, 6) is -1.02. The molecule has 0 atom stereocenters. The highest BCUT2D eigenvalue weighted by Crippen LogP contribution is 2.38. The molecular formula is C12H8F6N4OS. The summed E-state index contributed by atoms with van der Waals surface area (Å²) in [6.45, 7) is 0. The third-order valence-electron chi connectivity index (χ3n) is 2.53. The van der Waals surface area contributed by atoms with Crippen molar-refractivity contribution in [2.75, 3.05) is 5.01 Å². The molecule has 5 nitrogen and oxygen atoms in total. The minimum absolute atomic E-state index is 0.0850. The Labute approximate surface area is 136 Å². The van der Waals surface area contributed by atoms with E-state index in [1.54, 1.807) is 0 Å². The van der Waals surface area contributed by atoms with Crippen molar-refractivity contribution in [1.29, 1.82) is 5.26 Å². The average Bonchev–Trinajstić information content (AvgIpc) is 2.42. The number of hydrogen-bond acceptors (Lipinski definition) is 3. The van der Waals surface area contributed by atoms with Gasteiger partial charge in [0.05, 0.1) is 22.9 Å². The number of hydrogen-bond donors (Lipinski definition) is 2. The number of nitrogens with two attached hydrogens (primary N) is 1. The van der Waals surface area contributed by atoms with Crippen molar-refractivity contribution in [2.24, 2.45) is 5.73 Å². The third-order valence-corrected chi connectivity index (χ3v) is 2.71. The first-order valence-electron chi connectivity index (χ1n) is 5.91. The van der Waals surface area contributed by atoms with Gasteiger partial charge in [0.2, 0.25) is 0 Å². The van der Waals surface area contributed by atoms with Gasteiger partial charge < -0.3 is 5.73 Å². The van der Waals surface area contributed by atoms with Gasteiger partial charge in [-0.15, -0.1) is 0 Å². The fourth-order valence-corrected chi connectivity index (χ4v) is 1.70. The second-order valence-corrected chi connectivity index (χ2v) is 4.73. The number of carbonyl (C=O) groups is 1. The molecule has 12 heteroatoms. The van der Waals surface area contributed by atoms with Gasteiger partial charge in [-0.2, -0.15) is 31.6 Å². The molecule has 1 amide bonds. The molecule has 0 aliphatic rings. The highest BCUT2D eigenvalue weighted by Gasteiger charge is 2.37. The number of nitrogens with one attached hydrogen (secondary N) is 1. The zero-order chi connectivity index (χ0) is 18.7. The van der Waals surface area contributed by atoms with Crippen LogP contribution in [-0.2, 0) is 17.1 Å². The number of benzene rings is 1. The molecule has 3 N–H and O–H groups in total. The quantitative estimate of drug-likeness (QED) is 0.475. The van der Waals surface area contributed by atoms with E-state index in [0.29, 0.717) is 17.1 Å². The highest BCUT2D eigenvalue weighted by atomic mass is 32.1. The van der Waals surface area contributed by atoms with Gasteiger partial charge in [0.25, 0.3) is 5.91 Å². The smallest absolute Gasteiger partial charge is 0.374 e. The Kier molecular flexibility index (Phi) is 5.62. The SMILES string of the molecule is N#CCC(=O)NN(C(N)=S)c1cc(C(F)(F)F)cc(C(F)(F)F)c1. The molecule has 0 radical (unpaired) electrons. The van der Waals surface area contributed by atoms with Crippen LogP contribution in [0.2, 0.25) is 0 Å². The molecule has 24 heavy (non-hydrogen) atoms. The van der Waals surface area contributed by atoms with Crippen molar-refractivity contribution in [3.63, 3.8) is 0 Å². The zero-order valence-corrected chi connectivity index (χ0v) is 12.3. The fraction of sp³-hybridized carbons (Fsp3) is 0.250. The first kappa shape index (κ1) is 19.5. The molecule has 0 spiro atoms. The van der Waals surface area contributed by atoms with Crippen molar-refractivity contribution in [3.05, 3.63) is 29.3 Å². The predicted molar refractivity (Wildman–Crippen MR) is 74.1 cm³/mol. The standard InChI is InChI=1S/C12H8F6N4OS/c13-11(14,15)6-3-7(12(16,17)18)5-8(4-6)22(10(20)24)21-9(23)1-2-19/h3-5H,1H2,(H2,20,24)(H,21,23). The lowest BCUT2D eigenvalue weighted by Gasteiger charge is -2.25. The fourth-order valence-electron chi connectivity index (χ4n) is 1.55. The van der Waals surface area contributed by atoms with E-state index < -0.39 is 46.6 Å². The van der Waals surface area contributed by atoms with Gasteiger partial charge >= 0.3 is 12.4 Å². The molecule has 0 bridgehead atoms. The number of anilines is 1. The Morgan fingerprint density at radius 2 is 1.62 bits per heavy atom. The van der Waals surface area contributed by atoms with Crippen LogP contribution in [0.1, 0.15) is 17.5 Å². The van der Waals surface area contributed by atoms with Crippen LogP contribution in [0.25, 0.3) is 0 Å². The Bertz CT molecular complexity index is 662. The maximum Gasteiger partial charge on any atom is 0.416 e. The summed E-state index contributed by atoms with van der Waals surface area (Å²) in [7, 11) is 0. The molecule has 0 saturated heterocycles. The first-order valence-corrected chi connectivity index (χ1v) is 6.32. The molecule has 0 fully saturated rings. The molecule has 0 aromatic heterocycles. The predicted octanol–water partition coefficient (Wildman–Crippen LogP) is 2.72. The Morgan fingerprint density at radius 1 is 1.17 bits per heavy atom. The molecule has 1 rings (SSSR count). The number of thiocarbonyl (C=S) groups is 1. The van der Waals surface area contributed by atoms with E-state index in [2.05, 4.69) is 12.2 Å². The van der Waals surface area contributed by atoms with Gasteiger partial charge in [0.15, 0.2) is 5.11 Å². The first-order chi connectivity index (χ1) is 10.9. The molecular weight excluding hydrogens is 362 g/mol. The molecule has 0 saturated carbocycles. The van der Waals surface area contributed by atoms with Crippen LogP contribution in [0.5, 0.6) is 0 Å². The van der Waals surface area contributed by atoms with E-state index in [1.165, 1.54) is 6.07 Å². The lowest BCUT2D eigenvalue weighted by atomic mass is 10.1. The number of nitrogens with zero attached hydrogens (tertiary/aromatic N) is 2. The van der Waals surface area contributed by atoms with Gasteiger partial charge in [0.1, 0.15) is 6.42 Å². The number of nitriles is 1. The van der Waals surface area contributed by atoms with Gasteiger partial charge in [-0.25, -0.2) is 5.01 Å². The third kappa shape index (κ3) is 4.98. The van der Waals surface area contributed by atoms with E-state index in [4.69, 9.17) is 11.0 Å². The van der Waals surface area contributed by atoms with E-state index in [-0.39, 0.29) is 6.07 Å². The summed E-state index contributed by atoms with van der Waals surface area (Å²) >= 11 is 4.52. The molecule has 1 aromatic rings. The van der Waals surface area contributed by atoms with Crippen molar-refractivity contribution in [1.82, 2.24) is 5.43 Å². The van der Waals surface area contributed by atoms with E-state index in [0.717, 1.165) is 0 Å². The molecule has 0 aliphatic carbocycles. The van der Waals surface area contributed by atoms with E-state index in [9.17, 15) is 31.1 Å². The molecule has 1 aromatic carbocycles. The lowest BCUT2D eigenvalue weighted by molar-refractivity contribution is -0.143. The van der Waals surface area contributed by atoms with Crippen LogP contribution in [-0.4, -0.2) is 11.0 Å². The molecule has 130 valence electrons. The van der Waals surface area contributed by atoms with Gasteiger partial charge in [-0.05, 0) is 30.4 Å². The topological polar surface area (TPSA) is 82.2 Å². The highest BCUT2D eigenvalue weighted by molar-refractivity contribution is 7.80.